The van der Waals surface area contributed by atoms with Crippen molar-refractivity contribution in [2.24, 2.45) is 11.8 Å². The number of fused-ring (bicyclic) bond motifs is 1. The van der Waals surface area contributed by atoms with Gasteiger partial charge in [-0.25, -0.2) is 8.42 Å². The Labute approximate surface area is 123 Å². The Morgan fingerprint density at radius 1 is 1.05 bits per heavy atom. The molecule has 3 aliphatic rings. The molecular formula is C15H28N2O2S. The summed E-state index contributed by atoms with van der Waals surface area (Å²) in [4.78, 5) is 2.59. The molecule has 2 aliphatic heterocycles. The highest BCUT2D eigenvalue weighted by molar-refractivity contribution is 7.91. The van der Waals surface area contributed by atoms with Crippen molar-refractivity contribution in [3.05, 3.63) is 0 Å². The molecule has 0 spiro atoms. The molecule has 116 valence electrons. The fraction of sp³-hybridized carbons (Fsp3) is 1.00. The van der Waals surface area contributed by atoms with E-state index in [1.807, 2.05) is 0 Å². The van der Waals surface area contributed by atoms with Crippen molar-refractivity contribution in [3.63, 3.8) is 0 Å². The normalized spacial score (nSPS) is 37.7. The third-order valence-corrected chi connectivity index (χ3v) is 7.24. The quantitative estimate of drug-likeness (QED) is 0.849. The average molecular weight is 300 g/mol. The minimum absolute atomic E-state index is 0.201. The summed E-state index contributed by atoms with van der Waals surface area (Å²) in [7, 11) is -2.74. The van der Waals surface area contributed by atoms with Crippen molar-refractivity contribution in [2.75, 3.05) is 37.7 Å². The molecule has 2 heterocycles. The first kappa shape index (κ1) is 14.8. The van der Waals surface area contributed by atoms with Crippen LogP contribution in [0.4, 0.5) is 0 Å². The fourth-order valence-corrected chi connectivity index (χ4v) is 5.97. The van der Waals surface area contributed by atoms with Crippen LogP contribution in [0.25, 0.3) is 0 Å². The number of hydrogen-bond acceptors (Lipinski definition) is 4. The molecule has 2 saturated heterocycles. The summed E-state index contributed by atoms with van der Waals surface area (Å²) in [5, 5.41) is 3.44. The monoisotopic (exact) mass is 300 g/mol. The summed E-state index contributed by atoms with van der Waals surface area (Å²) >= 11 is 0. The molecule has 0 radical (unpaired) electrons. The van der Waals surface area contributed by atoms with Crippen LogP contribution in [0.1, 0.15) is 38.5 Å². The number of likely N-dealkylation sites (tertiary alicyclic amines) is 1. The summed E-state index contributed by atoms with van der Waals surface area (Å²) in [5.41, 5.74) is 0. The third kappa shape index (κ3) is 3.74. The van der Waals surface area contributed by atoms with Crippen LogP contribution in [-0.4, -0.2) is 57.0 Å². The van der Waals surface area contributed by atoms with E-state index < -0.39 is 9.84 Å². The van der Waals surface area contributed by atoms with Crippen LogP contribution in [0.2, 0.25) is 0 Å². The smallest absolute Gasteiger partial charge is 0.151 e. The average Bonchev–Trinajstić information content (AvgIpc) is 2.78. The minimum Gasteiger partial charge on any atom is -0.312 e. The van der Waals surface area contributed by atoms with Crippen LogP contribution >= 0.6 is 0 Å². The number of rotatable bonds is 4. The van der Waals surface area contributed by atoms with Gasteiger partial charge in [-0.05, 0) is 37.6 Å². The fourth-order valence-electron chi connectivity index (χ4n) is 4.26. The van der Waals surface area contributed by atoms with E-state index in [1.165, 1.54) is 45.2 Å². The Kier molecular flexibility index (Phi) is 4.68. The number of nitrogens with one attached hydrogen (secondary N) is 1. The van der Waals surface area contributed by atoms with Gasteiger partial charge in [-0.15, -0.1) is 0 Å². The summed E-state index contributed by atoms with van der Waals surface area (Å²) < 4.78 is 22.8. The van der Waals surface area contributed by atoms with Crippen LogP contribution in [0.3, 0.4) is 0 Å². The van der Waals surface area contributed by atoms with E-state index in [2.05, 4.69) is 10.2 Å². The molecule has 3 fully saturated rings. The maximum Gasteiger partial charge on any atom is 0.151 e. The molecule has 1 saturated carbocycles. The first-order chi connectivity index (χ1) is 9.62. The molecule has 1 N–H and O–H groups in total. The van der Waals surface area contributed by atoms with E-state index in [0.29, 0.717) is 11.5 Å². The molecular weight excluding hydrogens is 272 g/mol. The highest BCUT2D eigenvalue weighted by Gasteiger charge is 2.31. The maximum absolute atomic E-state index is 11.4. The molecule has 20 heavy (non-hydrogen) atoms. The molecule has 5 heteroatoms. The second-order valence-corrected chi connectivity index (χ2v) is 9.18. The van der Waals surface area contributed by atoms with Crippen molar-refractivity contribution in [1.82, 2.24) is 10.2 Å². The number of sulfone groups is 1. The lowest BCUT2D eigenvalue weighted by Crippen LogP contribution is -2.45. The molecule has 0 amide bonds. The predicted molar refractivity (Wildman–Crippen MR) is 81.6 cm³/mol. The van der Waals surface area contributed by atoms with Crippen LogP contribution in [0.15, 0.2) is 0 Å². The lowest BCUT2D eigenvalue weighted by molar-refractivity contribution is 0.0871. The van der Waals surface area contributed by atoms with Crippen LogP contribution in [0.5, 0.6) is 0 Å². The van der Waals surface area contributed by atoms with Crippen molar-refractivity contribution in [3.8, 4) is 0 Å². The second-order valence-electron chi connectivity index (χ2n) is 6.95. The van der Waals surface area contributed by atoms with Gasteiger partial charge < -0.3 is 10.2 Å². The van der Waals surface area contributed by atoms with E-state index in [9.17, 15) is 8.42 Å². The molecule has 4 nitrogen and oxygen atoms in total. The van der Waals surface area contributed by atoms with Gasteiger partial charge in [0.2, 0.25) is 0 Å². The zero-order valence-electron chi connectivity index (χ0n) is 12.4. The van der Waals surface area contributed by atoms with Crippen molar-refractivity contribution in [2.45, 2.75) is 44.6 Å². The lowest BCUT2D eigenvalue weighted by atomic mass is 9.75. The zero-order valence-corrected chi connectivity index (χ0v) is 13.2. The predicted octanol–water partition coefficient (Wildman–Crippen LogP) is 1.28. The standard InChI is InChI=1S/C15H28N2O2S/c18-20(19)10-6-15(12-20)16-7-9-17-8-5-13-3-1-2-4-14(13)11-17/h13-16H,1-12H2. The van der Waals surface area contributed by atoms with E-state index in [1.54, 1.807) is 0 Å². The Hall–Kier alpha value is -0.130. The molecule has 3 unspecified atom stereocenters. The van der Waals surface area contributed by atoms with Crippen LogP contribution in [-0.2, 0) is 9.84 Å². The van der Waals surface area contributed by atoms with Gasteiger partial charge >= 0.3 is 0 Å². The topological polar surface area (TPSA) is 49.4 Å². The second kappa shape index (κ2) is 6.32. The van der Waals surface area contributed by atoms with Gasteiger partial charge in [0.15, 0.2) is 9.84 Å². The summed E-state index contributed by atoms with van der Waals surface area (Å²) in [6.07, 6.45) is 7.92. The zero-order chi connectivity index (χ0) is 14.0. The van der Waals surface area contributed by atoms with Gasteiger partial charge in [0.25, 0.3) is 0 Å². The molecule has 1 aliphatic carbocycles. The Morgan fingerprint density at radius 3 is 2.60 bits per heavy atom. The molecule has 0 aromatic heterocycles. The maximum atomic E-state index is 11.4. The Bertz CT molecular complexity index is 424. The molecule has 3 atom stereocenters. The van der Waals surface area contributed by atoms with Crippen molar-refractivity contribution in [1.29, 1.82) is 0 Å². The molecule has 0 aromatic carbocycles. The van der Waals surface area contributed by atoms with E-state index in [0.717, 1.165) is 31.3 Å². The number of nitrogens with zero attached hydrogens (tertiary/aromatic N) is 1. The van der Waals surface area contributed by atoms with Gasteiger partial charge in [-0.2, -0.15) is 0 Å². The van der Waals surface area contributed by atoms with Crippen LogP contribution in [0, 0.1) is 11.8 Å². The Morgan fingerprint density at radius 2 is 1.85 bits per heavy atom. The van der Waals surface area contributed by atoms with Crippen molar-refractivity contribution >= 4 is 9.84 Å². The molecule has 3 rings (SSSR count). The number of hydrogen-bond donors (Lipinski definition) is 1. The number of piperidine rings is 1. The first-order valence-corrected chi connectivity index (χ1v) is 10.1. The van der Waals surface area contributed by atoms with Gasteiger partial charge in [0.05, 0.1) is 11.5 Å². The minimum atomic E-state index is -2.74. The summed E-state index contributed by atoms with van der Waals surface area (Å²) in [5.74, 6) is 2.65. The lowest BCUT2D eigenvalue weighted by Gasteiger charge is -2.41. The molecule has 0 aromatic rings. The van der Waals surface area contributed by atoms with Gasteiger partial charge in [0.1, 0.15) is 0 Å². The van der Waals surface area contributed by atoms with Gasteiger partial charge in [0, 0.05) is 25.7 Å². The summed E-state index contributed by atoms with van der Waals surface area (Å²) in [6.45, 7) is 4.54. The van der Waals surface area contributed by atoms with E-state index >= 15 is 0 Å². The highest BCUT2D eigenvalue weighted by Crippen LogP contribution is 2.35. The van der Waals surface area contributed by atoms with Gasteiger partial charge in [-0.1, -0.05) is 19.3 Å². The van der Waals surface area contributed by atoms with Crippen molar-refractivity contribution < 1.29 is 8.42 Å². The highest BCUT2D eigenvalue weighted by atomic mass is 32.2. The SMILES string of the molecule is O=S1(=O)CCC(NCCN2CCC3CCCCC3C2)C1. The largest absolute Gasteiger partial charge is 0.312 e. The molecule has 0 bridgehead atoms. The van der Waals surface area contributed by atoms with E-state index in [4.69, 9.17) is 0 Å². The van der Waals surface area contributed by atoms with E-state index in [-0.39, 0.29) is 6.04 Å². The Balaban J connectivity index is 1.37. The first-order valence-electron chi connectivity index (χ1n) is 8.28. The summed E-state index contributed by atoms with van der Waals surface area (Å²) in [6, 6.07) is 0.201. The van der Waals surface area contributed by atoms with Crippen LogP contribution < -0.4 is 5.32 Å². The third-order valence-electron chi connectivity index (χ3n) is 5.47. The van der Waals surface area contributed by atoms with Gasteiger partial charge in [-0.3, -0.25) is 0 Å².